The van der Waals surface area contributed by atoms with Gasteiger partial charge in [-0.1, -0.05) is 30.3 Å². The molecule has 106 valence electrons. The van der Waals surface area contributed by atoms with Crippen LogP contribution in [0.15, 0.2) is 48.5 Å². The summed E-state index contributed by atoms with van der Waals surface area (Å²) in [7, 11) is 1.66. The van der Waals surface area contributed by atoms with Crippen LogP contribution >= 0.6 is 0 Å². The highest BCUT2D eigenvalue weighted by molar-refractivity contribution is 5.55. The van der Waals surface area contributed by atoms with Crippen molar-refractivity contribution >= 4 is 5.69 Å². The molecule has 0 fully saturated rings. The third kappa shape index (κ3) is 3.92. The molecule has 2 rings (SSSR count). The zero-order valence-corrected chi connectivity index (χ0v) is 12.2. The summed E-state index contributed by atoms with van der Waals surface area (Å²) in [5, 5.41) is 3.34. The molecule has 0 spiro atoms. The zero-order valence-electron chi connectivity index (χ0n) is 12.2. The molecule has 3 nitrogen and oxygen atoms in total. The molecular formula is C17H21NO2. The minimum absolute atomic E-state index is 0.385. The Morgan fingerprint density at radius 3 is 2.40 bits per heavy atom. The Balaban J connectivity index is 2.07. The lowest BCUT2D eigenvalue weighted by atomic mass is 10.2. The molecule has 0 amide bonds. The lowest BCUT2D eigenvalue weighted by molar-refractivity contribution is 0.284. The van der Waals surface area contributed by atoms with Gasteiger partial charge in [-0.3, -0.25) is 0 Å². The number of nitrogens with one attached hydrogen (secondary N) is 1. The van der Waals surface area contributed by atoms with Crippen molar-refractivity contribution in [3.05, 3.63) is 54.1 Å². The summed E-state index contributed by atoms with van der Waals surface area (Å²) in [5.41, 5.74) is 2.17. The Bertz CT molecular complexity index is 538. The Kier molecular flexibility index (Phi) is 4.88. The first kappa shape index (κ1) is 14.3. The van der Waals surface area contributed by atoms with Gasteiger partial charge in [0, 0.05) is 17.8 Å². The number of anilines is 1. The van der Waals surface area contributed by atoms with Gasteiger partial charge in [0.2, 0.25) is 0 Å². The minimum atomic E-state index is 0.385. The molecule has 0 radical (unpaired) electrons. The van der Waals surface area contributed by atoms with Gasteiger partial charge in [-0.15, -0.1) is 0 Å². The summed E-state index contributed by atoms with van der Waals surface area (Å²) in [5.74, 6) is 1.50. The maximum absolute atomic E-state index is 5.82. The Hall–Kier alpha value is -2.16. The third-order valence-corrected chi connectivity index (χ3v) is 2.86. The van der Waals surface area contributed by atoms with Gasteiger partial charge in [0.1, 0.15) is 6.61 Å². The van der Waals surface area contributed by atoms with E-state index in [9.17, 15) is 0 Å². The van der Waals surface area contributed by atoms with E-state index >= 15 is 0 Å². The second-order valence-corrected chi connectivity index (χ2v) is 4.94. The van der Waals surface area contributed by atoms with Gasteiger partial charge >= 0.3 is 0 Å². The zero-order chi connectivity index (χ0) is 14.4. The van der Waals surface area contributed by atoms with Gasteiger partial charge in [-0.2, -0.15) is 0 Å². The number of ether oxygens (including phenoxy) is 2. The summed E-state index contributed by atoms with van der Waals surface area (Å²) in [6.45, 7) is 4.74. The lowest BCUT2D eigenvalue weighted by Gasteiger charge is -2.14. The van der Waals surface area contributed by atoms with Crippen LogP contribution < -0.4 is 14.8 Å². The van der Waals surface area contributed by atoms with Crippen molar-refractivity contribution in [2.75, 3.05) is 12.4 Å². The largest absolute Gasteiger partial charge is 0.493 e. The van der Waals surface area contributed by atoms with Gasteiger partial charge in [0.25, 0.3) is 0 Å². The molecule has 0 saturated carbocycles. The molecule has 1 N–H and O–H groups in total. The maximum atomic E-state index is 5.82. The molecule has 0 heterocycles. The monoisotopic (exact) mass is 271 g/mol. The summed E-state index contributed by atoms with van der Waals surface area (Å²) < 4.78 is 11.2. The molecule has 20 heavy (non-hydrogen) atoms. The first-order valence-corrected chi connectivity index (χ1v) is 6.80. The molecule has 0 aliphatic carbocycles. The molecule has 0 aliphatic heterocycles. The Labute approximate surface area is 120 Å². The fourth-order valence-corrected chi connectivity index (χ4v) is 1.95. The molecule has 0 bridgehead atoms. The van der Waals surface area contributed by atoms with Crippen LogP contribution in [0.25, 0.3) is 0 Å². The summed E-state index contributed by atoms with van der Waals surface area (Å²) in [4.78, 5) is 0. The highest BCUT2D eigenvalue weighted by Gasteiger charge is 2.06. The molecule has 0 unspecified atom stereocenters. The maximum Gasteiger partial charge on any atom is 0.162 e. The predicted octanol–water partition coefficient (Wildman–Crippen LogP) is 4.09. The standard InChI is InChI=1S/C17H21NO2/c1-13(2)18-15-9-10-16(17(11-15)19-3)20-12-14-7-5-4-6-8-14/h4-11,13,18H,12H2,1-3H3. The summed E-state index contributed by atoms with van der Waals surface area (Å²) in [6.07, 6.45) is 0. The third-order valence-electron chi connectivity index (χ3n) is 2.86. The van der Waals surface area contributed by atoms with Gasteiger partial charge in [0.15, 0.2) is 11.5 Å². The smallest absolute Gasteiger partial charge is 0.162 e. The van der Waals surface area contributed by atoms with Crippen LogP contribution in [0.3, 0.4) is 0 Å². The van der Waals surface area contributed by atoms with Crippen LogP contribution in [0.5, 0.6) is 11.5 Å². The van der Waals surface area contributed by atoms with Crippen molar-refractivity contribution in [1.82, 2.24) is 0 Å². The van der Waals surface area contributed by atoms with Gasteiger partial charge in [-0.25, -0.2) is 0 Å². The summed E-state index contributed by atoms with van der Waals surface area (Å²) in [6, 6.07) is 16.4. The fourth-order valence-electron chi connectivity index (χ4n) is 1.95. The van der Waals surface area contributed by atoms with E-state index < -0.39 is 0 Å². The molecule has 2 aromatic carbocycles. The molecule has 0 saturated heterocycles. The molecule has 2 aromatic rings. The molecule has 0 atom stereocenters. The molecule has 3 heteroatoms. The van der Waals surface area contributed by atoms with Crippen LogP contribution in [-0.4, -0.2) is 13.2 Å². The average molecular weight is 271 g/mol. The van der Waals surface area contributed by atoms with Crippen molar-refractivity contribution in [3.63, 3.8) is 0 Å². The van der Waals surface area contributed by atoms with Crippen molar-refractivity contribution in [2.45, 2.75) is 26.5 Å². The number of methoxy groups -OCH3 is 1. The highest BCUT2D eigenvalue weighted by Crippen LogP contribution is 2.31. The quantitative estimate of drug-likeness (QED) is 0.858. The Morgan fingerprint density at radius 2 is 1.75 bits per heavy atom. The molecule has 0 aromatic heterocycles. The highest BCUT2D eigenvalue weighted by atomic mass is 16.5. The molecular weight excluding hydrogens is 250 g/mol. The molecule has 0 aliphatic rings. The van der Waals surface area contributed by atoms with Crippen LogP contribution in [0.4, 0.5) is 5.69 Å². The van der Waals surface area contributed by atoms with Crippen molar-refractivity contribution in [3.8, 4) is 11.5 Å². The van der Waals surface area contributed by atoms with Crippen molar-refractivity contribution in [1.29, 1.82) is 0 Å². The topological polar surface area (TPSA) is 30.5 Å². The van der Waals surface area contributed by atoms with E-state index in [1.807, 2.05) is 48.5 Å². The van der Waals surface area contributed by atoms with E-state index in [1.165, 1.54) is 0 Å². The van der Waals surface area contributed by atoms with Crippen molar-refractivity contribution < 1.29 is 9.47 Å². The van der Waals surface area contributed by atoms with Gasteiger partial charge < -0.3 is 14.8 Å². The van der Waals surface area contributed by atoms with E-state index in [0.717, 1.165) is 22.7 Å². The number of hydrogen-bond acceptors (Lipinski definition) is 3. The van der Waals surface area contributed by atoms with E-state index in [-0.39, 0.29) is 0 Å². The fraction of sp³-hybridized carbons (Fsp3) is 0.294. The van der Waals surface area contributed by atoms with Crippen LogP contribution in [-0.2, 0) is 6.61 Å². The summed E-state index contributed by atoms with van der Waals surface area (Å²) >= 11 is 0. The van der Waals surface area contributed by atoms with Gasteiger partial charge in [0.05, 0.1) is 7.11 Å². The second-order valence-electron chi connectivity index (χ2n) is 4.94. The predicted molar refractivity (Wildman–Crippen MR) is 82.5 cm³/mol. The second kappa shape index (κ2) is 6.85. The number of hydrogen-bond donors (Lipinski definition) is 1. The number of rotatable bonds is 6. The van der Waals surface area contributed by atoms with E-state index in [0.29, 0.717) is 12.6 Å². The van der Waals surface area contributed by atoms with E-state index in [4.69, 9.17) is 9.47 Å². The number of benzene rings is 2. The SMILES string of the molecule is COc1cc(NC(C)C)ccc1OCc1ccccc1. The minimum Gasteiger partial charge on any atom is -0.493 e. The lowest BCUT2D eigenvalue weighted by Crippen LogP contribution is -2.09. The average Bonchev–Trinajstić information content (AvgIpc) is 2.46. The van der Waals surface area contributed by atoms with E-state index in [2.05, 4.69) is 19.2 Å². The normalized spacial score (nSPS) is 10.4. The van der Waals surface area contributed by atoms with Crippen LogP contribution in [0, 0.1) is 0 Å². The van der Waals surface area contributed by atoms with E-state index in [1.54, 1.807) is 7.11 Å². The van der Waals surface area contributed by atoms with Crippen LogP contribution in [0.2, 0.25) is 0 Å². The van der Waals surface area contributed by atoms with Crippen molar-refractivity contribution in [2.24, 2.45) is 0 Å². The Morgan fingerprint density at radius 1 is 1.00 bits per heavy atom. The van der Waals surface area contributed by atoms with Crippen LogP contribution in [0.1, 0.15) is 19.4 Å². The first-order valence-electron chi connectivity index (χ1n) is 6.80. The first-order chi connectivity index (χ1) is 9.69. The van der Waals surface area contributed by atoms with Gasteiger partial charge in [-0.05, 0) is 31.5 Å².